The van der Waals surface area contributed by atoms with Gasteiger partial charge in [0.05, 0.1) is 5.57 Å². The zero-order valence-electron chi connectivity index (χ0n) is 6.66. The van der Waals surface area contributed by atoms with E-state index in [1.54, 1.807) is 24.3 Å². The molecule has 0 radical (unpaired) electrons. The first-order chi connectivity index (χ1) is 5.22. The molecule has 0 aliphatic heterocycles. The second kappa shape index (κ2) is 4.99. The molecule has 0 saturated heterocycles. The summed E-state index contributed by atoms with van der Waals surface area (Å²) >= 11 is 0. The molecule has 1 rings (SSSR count). The number of benzene rings is 1. The number of hydrogen-bond donors (Lipinski definition) is 1. The van der Waals surface area contributed by atoms with Crippen LogP contribution in [0.3, 0.4) is 0 Å². The van der Waals surface area contributed by atoms with Crippen LogP contribution in [0.25, 0.3) is 5.57 Å². The molecule has 12 heavy (non-hydrogen) atoms. The fraction of sp³-hybridized carbons (Fsp3) is 0. The quantitative estimate of drug-likeness (QED) is 0.633. The van der Waals surface area contributed by atoms with E-state index in [2.05, 4.69) is 6.58 Å². The first-order valence-corrected chi connectivity index (χ1v) is 3.19. The number of rotatable bonds is 2. The Hall–Kier alpha value is -0.752. The molecule has 0 spiro atoms. The number of carboxylic acids is 1. The molecule has 0 aliphatic carbocycles. The van der Waals surface area contributed by atoms with Gasteiger partial charge in [0.1, 0.15) is 0 Å². The molecule has 0 unspecified atom stereocenters. The Balaban J connectivity index is 0.00000121. The molecule has 0 aliphatic rings. The Kier molecular flexibility index (Phi) is 4.68. The average molecular weight is 273 g/mol. The van der Waals surface area contributed by atoms with Gasteiger partial charge in [0.25, 0.3) is 0 Å². The van der Waals surface area contributed by atoms with Crippen LogP contribution in [0.2, 0.25) is 0 Å². The van der Waals surface area contributed by atoms with Crippen molar-refractivity contribution in [2.45, 2.75) is 0 Å². The zero-order chi connectivity index (χ0) is 8.27. The van der Waals surface area contributed by atoms with Crippen LogP contribution < -0.4 is 0 Å². The molecule has 0 saturated carbocycles. The third-order valence-electron chi connectivity index (χ3n) is 1.38. The standard InChI is InChI=1S/C9H8O2.Sb.3H/c1-7(9(10)11)8-5-3-2-4-6-8;;;;/h2-6H,1H2,(H,10,11);;;;. The normalized spacial score (nSPS) is 8.33. The van der Waals surface area contributed by atoms with Crippen molar-refractivity contribution in [2.75, 3.05) is 0 Å². The molecule has 0 fully saturated rings. The first kappa shape index (κ1) is 11.2. The van der Waals surface area contributed by atoms with Crippen LogP contribution in [0.4, 0.5) is 0 Å². The van der Waals surface area contributed by atoms with Crippen molar-refractivity contribution in [1.29, 1.82) is 0 Å². The molecular weight excluding hydrogens is 262 g/mol. The van der Waals surface area contributed by atoms with E-state index in [1.165, 1.54) is 0 Å². The number of carbonyl (C=O) groups is 1. The van der Waals surface area contributed by atoms with Crippen molar-refractivity contribution in [3.63, 3.8) is 0 Å². The van der Waals surface area contributed by atoms with Gasteiger partial charge in [-0.05, 0) is 5.56 Å². The number of carboxylic acid groups (broad SMARTS) is 1. The molecule has 0 amide bonds. The molecule has 0 bridgehead atoms. The van der Waals surface area contributed by atoms with Gasteiger partial charge < -0.3 is 5.11 Å². The van der Waals surface area contributed by atoms with Crippen molar-refractivity contribution in [1.82, 2.24) is 0 Å². The summed E-state index contributed by atoms with van der Waals surface area (Å²) in [7, 11) is 0. The van der Waals surface area contributed by atoms with Gasteiger partial charge in [-0.2, -0.15) is 0 Å². The van der Waals surface area contributed by atoms with E-state index in [0.29, 0.717) is 5.56 Å². The third-order valence-corrected chi connectivity index (χ3v) is 1.38. The second-order valence-electron chi connectivity index (χ2n) is 2.15. The summed E-state index contributed by atoms with van der Waals surface area (Å²) in [6.45, 7) is 3.42. The minimum atomic E-state index is -0.976. The fourth-order valence-electron chi connectivity index (χ4n) is 0.763. The molecule has 0 heterocycles. The van der Waals surface area contributed by atoms with Crippen LogP contribution in [0.1, 0.15) is 5.56 Å². The minimum absolute atomic E-state index is 0. The monoisotopic (exact) mass is 272 g/mol. The van der Waals surface area contributed by atoms with Crippen molar-refractivity contribution < 1.29 is 9.90 Å². The van der Waals surface area contributed by atoms with Gasteiger partial charge in [-0.1, -0.05) is 36.9 Å². The molecule has 64 valence electrons. The molecule has 3 heteroatoms. The molecule has 0 atom stereocenters. The van der Waals surface area contributed by atoms with Crippen LogP contribution in [0.15, 0.2) is 36.9 Å². The van der Waals surface area contributed by atoms with E-state index < -0.39 is 5.97 Å². The summed E-state index contributed by atoms with van der Waals surface area (Å²) in [4.78, 5) is 10.4. The van der Waals surface area contributed by atoms with Crippen LogP contribution in [0, 0.1) is 0 Å². The van der Waals surface area contributed by atoms with Gasteiger partial charge in [0, 0.05) is 0 Å². The Morgan fingerprint density at radius 1 is 1.25 bits per heavy atom. The van der Waals surface area contributed by atoms with E-state index in [4.69, 9.17) is 5.11 Å². The summed E-state index contributed by atoms with van der Waals surface area (Å²) < 4.78 is 0. The number of aliphatic carboxylic acids is 1. The van der Waals surface area contributed by atoms with E-state index in [1.807, 2.05) is 6.07 Å². The van der Waals surface area contributed by atoms with Crippen LogP contribution in [-0.2, 0) is 4.79 Å². The molecular formula is C9H11O2Sb. The van der Waals surface area contributed by atoms with E-state index >= 15 is 0 Å². The summed E-state index contributed by atoms with van der Waals surface area (Å²) in [5.41, 5.74) is 0.783. The zero-order valence-corrected chi connectivity index (χ0v) is 10.7. The Morgan fingerprint density at radius 3 is 2.17 bits per heavy atom. The predicted molar refractivity (Wildman–Crippen MR) is 53.1 cm³/mol. The van der Waals surface area contributed by atoms with Crippen molar-refractivity contribution >= 4 is 36.0 Å². The van der Waals surface area contributed by atoms with Crippen molar-refractivity contribution in [2.24, 2.45) is 0 Å². The molecule has 1 aromatic rings. The van der Waals surface area contributed by atoms with Crippen LogP contribution in [-0.4, -0.2) is 35.5 Å². The Labute approximate surface area is 88.4 Å². The summed E-state index contributed by atoms with van der Waals surface area (Å²) in [5.74, 6) is -0.976. The molecule has 1 aromatic carbocycles. The van der Waals surface area contributed by atoms with Crippen LogP contribution >= 0.6 is 0 Å². The summed E-state index contributed by atoms with van der Waals surface area (Å²) in [6, 6.07) is 8.83. The van der Waals surface area contributed by atoms with Crippen molar-refractivity contribution in [3.05, 3.63) is 42.5 Å². The first-order valence-electron chi connectivity index (χ1n) is 3.19. The maximum atomic E-state index is 10.4. The van der Waals surface area contributed by atoms with Gasteiger partial charge in [-0.15, -0.1) is 0 Å². The third kappa shape index (κ3) is 2.71. The van der Waals surface area contributed by atoms with E-state index in [0.717, 1.165) is 0 Å². The molecule has 2 nitrogen and oxygen atoms in total. The number of hydrogen-bond acceptors (Lipinski definition) is 1. The van der Waals surface area contributed by atoms with E-state index in [9.17, 15) is 4.79 Å². The fourth-order valence-corrected chi connectivity index (χ4v) is 0.763. The van der Waals surface area contributed by atoms with E-state index in [-0.39, 0.29) is 30.0 Å². The average Bonchev–Trinajstić information content (AvgIpc) is 2.05. The van der Waals surface area contributed by atoms with Crippen LogP contribution in [0.5, 0.6) is 0 Å². The maximum absolute atomic E-state index is 10.4. The Morgan fingerprint density at radius 2 is 1.75 bits per heavy atom. The van der Waals surface area contributed by atoms with Gasteiger partial charge in [0.15, 0.2) is 0 Å². The second-order valence-corrected chi connectivity index (χ2v) is 2.15. The molecule has 1 N–H and O–H groups in total. The van der Waals surface area contributed by atoms with Gasteiger partial charge in [-0.3, -0.25) is 0 Å². The van der Waals surface area contributed by atoms with Gasteiger partial charge in [-0.25, -0.2) is 4.79 Å². The van der Waals surface area contributed by atoms with Gasteiger partial charge in [0.2, 0.25) is 0 Å². The Bertz CT molecular complexity index is 280. The predicted octanol–water partition coefficient (Wildman–Crippen LogP) is 0.600. The van der Waals surface area contributed by atoms with Crippen molar-refractivity contribution in [3.8, 4) is 0 Å². The summed E-state index contributed by atoms with van der Waals surface area (Å²) in [6.07, 6.45) is 0. The summed E-state index contributed by atoms with van der Waals surface area (Å²) in [5, 5.41) is 8.54. The SMILES string of the molecule is C=C(C(=O)O)c1ccccc1.[SbH3]. The topological polar surface area (TPSA) is 37.3 Å². The molecule has 0 aromatic heterocycles. The van der Waals surface area contributed by atoms with Gasteiger partial charge >= 0.3 is 30.4 Å².